The number of nitrogens with two attached hydrogens (primary N) is 1. The van der Waals surface area contributed by atoms with Gasteiger partial charge in [0.25, 0.3) is 0 Å². The highest BCUT2D eigenvalue weighted by Gasteiger charge is 2.20. The van der Waals surface area contributed by atoms with Crippen LogP contribution < -0.4 is 5.73 Å². The maximum absolute atomic E-state index is 12.1. The summed E-state index contributed by atoms with van der Waals surface area (Å²) in [7, 11) is 0. The normalized spacial score (nSPS) is 11.8. The molecule has 0 aliphatic carbocycles. The number of rotatable bonds is 4. The number of carbonyl (C=O) groups excluding carboxylic acids is 1. The van der Waals surface area contributed by atoms with Crippen molar-refractivity contribution in [2.45, 2.75) is 12.5 Å². The summed E-state index contributed by atoms with van der Waals surface area (Å²) in [5.74, 6) is 2.11. The monoisotopic (exact) mass is 240 g/mol. The van der Waals surface area contributed by atoms with Gasteiger partial charge in [0.15, 0.2) is 0 Å². The topological polar surface area (TPSA) is 73.8 Å². The number of terminal acetylenes is 1. The Bertz CT molecular complexity index is 583. The number of aromatic nitrogens is 3. The van der Waals surface area contributed by atoms with E-state index in [0.717, 1.165) is 5.69 Å². The summed E-state index contributed by atoms with van der Waals surface area (Å²) in [4.78, 5) is 12.1. The van der Waals surface area contributed by atoms with Crippen molar-refractivity contribution in [1.82, 2.24) is 15.0 Å². The van der Waals surface area contributed by atoms with E-state index in [2.05, 4.69) is 16.2 Å². The van der Waals surface area contributed by atoms with Gasteiger partial charge in [-0.05, 0) is 12.1 Å². The Morgan fingerprint density at radius 3 is 2.83 bits per heavy atom. The van der Waals surface area contributed by atoms with E-state index in [1.807, 2.05) is 30.3 Å². The van der Waals surface area contributed by atoms with E-state index in [4.69, 9.17) is 12.2 Å². The molecule has 1 heterocycles. The van der Waals surface area contributed by atoms with E-state index in [-0.39, 0.29) is 12.2 Å². The van der Waals surface area contributed by atoms with Crippen LogP contribution in [0.5, 0.6) is 0 Å². The average Bonchev–Trinajstić information content (AvgIpc) is 2.88. The molecule has 0 fully saturated rings. The first-order chi connectivity index (χ1) is 8.74. The maximum atomic E-state index is 12.1. The van der Waals surface area contributed by atoms with Crippen LogP contribution in [-0.2, 0) is 0 Å². The lowest BCUT2D eigenvalue weighted by Crippen LogP contribution is -2.31. The molecule has 5 heteroatoms. The molecule has 5 nitrogen and oxygen atoms in total. The molecule has 0 radical (unpaired) electrons. The Morgan fingerprint density at radius 2 is 2.17 bits per heavy atom. The van der Waals surface area contributed by atoms with E-state index in [1.165, 1.54) is 10.9 Å². The van der Waals surface area contributed by atoms with E-state index in [1.54, 1.807) is 0 Å². The molecular formula is C13H12N4O. The van der Waals surface area contributed by atoms with Crippen molar-refractivity contribution in [1.29, 1.82) is 0 Å². The molecule has 0 amide bonds. The highest BCUT2D eigenvalue weighted by Crippen LogP contribution is 2.10. The van der Waals surface area contributed by atoms with Crippen molar-refractivity contribution in [2.24, 2.45) is 5.73 Å². The zero-order chi connectivity index (χ0) is 13.0. The van der Waals surface area contributed by atoms with Gasteiger partial charge in [-0.1, -0.05) is 23.4 Å². The zero-order valence-electron chi connectivity index (χ0n) is 9.65. The third-order valence-corrected chi connectivity index (χ3v) is 2.48. The number of hydrogen-bond acceptors (Lipinski definition) is 4. The van der Waals surface area contributed by atoms with Gasteiger partial charge in [0.05, 0.1) is 17.9 Å². The van der Waals surface area contributed by atoms with Gasteiger partial charge >= 0.3 is 0 Å². The fraction of sp³-hybridized carbons (Fsp3) is 0.154. The smallest absolute Gasteiger partial charge is 0.200 e. The predicted octanol–water partition coefficient (Wildman–Crippen LogP) is 0.801. The summed E-state index contributed by atoms with van der Waals surface area (Å²) in [6.45, 7) is 0. The number of ketones is 1. The molecule has 0 bridgehead atoms. The summed E-state index contributed by atoms with van der Waals surface area (Å²) in [5.41, 5.74) is 6.80. The number of para-hydroxylation sites is 1. The second kappa shape index (κ2) is 5.25. The summed E-state index contributed by atoms with van der Waals surface area (Å²) in [5, 5.41) is 7.64. The fourth-order valence-corrected chi connectivity index (χ4v) is 1.57. The maximum Gasteiger partial charge on any atom is 0.200 e. The third kappa shape index (κ3) is 2.29. The second-order valence-electron chi connectivity index (χ2n) is 3.75. The largest absolute Gasteiger partial charge is 0.320 e. The van der Waals surface area contributed by atoms with Crippen LogP contribution in [0.1, 0.15) is 16.9 Å². The highest BCUT2D eigenvalue weighted by molar-refractivity contribution is 5.98. The molecule has 0 saturated heterocycles. The second-order valence-corrected chi connectivity index (χ2v) is 3.75. The number of carbonyl (C=O) groups is 1. The van der Waals surface area contributed by atoms with Crippen LogP contribution >= 0.6 is 0 Å². The SMILES string of the molecule is C#CCC(N)C(=O)c1cnnn1-c1ccccc1. The van der Waals surface area contributed by atoms with Crippen LogP contribution in [0.15, 0.2) is 36.5 Å². The van der Waals surface area contributed by atoms with Gasteiger partial charge in [-0.25, -0.2) is 4.68 Å². The molecule has 2 N–H and O–H groups in total. The molecule has 0 spiro atoms. The standard InChI is InChI=1S/C13H12N4O/c1-2-6-11(14)13(18)12-9-15-16-17(12)10-7-4-3-5-8-10/h1,3-5,7-9,11H,6,14H2. The quantitative estimate of drug-likeness (QED) is 0.633. The van der Waals surface area contributed by atoms with Crippen molar-refractivity contribution in [2.75, 3.05) is 0 Å². The van der Waals surface area contributed by atoms with Crippen molar-refractivity contribution in [3.63, 3.8) is 0 Å². The molecule has 0 aliphatic rings. The number of nitrogens with zero attached hydrogens (tertiary/aromatic N) is 3. The average molecular weight is 240 g/mol. The first-order valence-electron chi connectivity index (χ1n) is 5.43. The van der Waals surface area contributed by atoms with E-state index in [0.29, 0.717) is 5.69 Å². The minimum atomic E-state index is -0.726. The highest BCUT2D eigenvalue weighted by atomic mass is 16.1. The number of Topliss-reactive ketones (excluding diaryl/α,β-unsaturated/α-hetero) is 1. The lowest BCUT2D eigenvalue weighted by Gasteiger charge is -2.08. The molecular weight excluding hydrogens is 228 g/mol. The third-order valence-electron chi connectivity index (χ3n) is 2.48. The van der Waals surface area contributed by atoms with Gasteiger partial charge in [0.1, 0.15) is 5.69 Å². The molecule has 1 aromatic heterocycles. The molecule has 2 rings (SSSR count). The molecule has 1 aromatic carbocycles. The lowest BCUT2D eigenvalue weighted by atomic mass is 10.1. The Labute approximate surface area is 105 Å². The zero-order valence-corrected chi connectivity index (χ0v) is 9.65. The van der Waals surface area contributed by atoms with Crippen LogP contribution in [0.25, 0.3) is 5.69 Å². The van der Waals surface area contributed by atoms with Gasteiger partial charge in [-0.2, -0.15) is 0 Å². The van der Waals surface area contributed by atoms with Crippen molar-refractivity contribution in [3.8, 4) is 18.0 Å². The molecule has 2 aromatic rings. The summed E-state index contributed by atoms with van der Waals surface area (Å²) < 4.78 is 1.46. The fourth-order valence-electron chi connectivity index (χ4n) is 1.57. The molecule has 0 aliphatic heterocycles. The minimum absolute atomic E-state index is 0.193. The molecule has 1 atom stereocenters. The van der Waals surface area contributed by atoms with Crippen LogP contribution in [0, 0.1) is 12.3 Å². The Morgan fingerprint density at radius 1 is 1.44 bits per heavy atom. The van der Waals surface area contributed by atoms with Gasteiger partial charge in [-0.15, -0.1) is 17.4 Å². The number of benzene rings is 1. The predicted molar refractivity (Wildman–Crippen MR) is 67.1 cm³/mol. The summed E-state index contributed by atoms with van der Waals surface area (Å²) >= 11 is 0. The molecule has 0 saturated carbocycles. The van der Waals surface area contributed by atoms with Crippen molar-refractivity contribution >= 4 is 5.78 Å². The first-order valence-corrected chi connectivity index (χ1v) is 5.43. The van der Waals surface area contributed by atoms with Crippen molar-refractivity contribution < 1.29 is 4.79 Å². The van der Waals surface area contributed by atoms with Gasteiger partial charge in [-0.3, -0.25) is 4.79 Å². The van der Waals surface area contributed by atoms with Crippen LogP contribution in [0.4, 0.5) is 0 Å². The number of hydrogen-bond donors (Lipinski definition) is 1. The van der Waals surface area contributed by atoms with Crippen LogP contribution in [0.2, 0.25) is 0 Å². The van der Waals surface area contributed by atoms with E-state index < -0.39 is 6.04 Å². The molecule has 1 unspecified atom stereocenters. The summed E-state index contributed by atoms with van der Waals surface area (Å²) in [6.07, 6.45) is 6.74. The lowest BCUT2D eigenvalue weighted by molar-refractivity contribution is 0.0955. The van der Waals surface area contributed by atoms with E-state index >= 15 is 0 Å². The van der Waals surface area contributed by atoms with Crippen molar-refractivity contribution in [3.05, 3.63) is 42.2 Å². The Hall–Kier alpha value is -2.45. The van der Waals surface area contributed by atoms with E-state index in [9.17, 15) is 4.79 Å². The molecule has 18 heavy (non-hydrogen) atoms. The summed E-state index contributed by atoms with van der Waals surface area (Å²) in [6, 6.07) is 8.53. The van der Waals surface area contributed by atoms with Gasteiger partial charge < -0.3 is 5.73 Å². The van der Waals surface area contributed by atoms with Crippen LogP contribution in [0.3, 0.4) is 0 Å². The van der Waals surface area contributed by atoms with Gasteiger partial charge in [0.2, 0.25) is 5.78 Å². The van der Waals surface area contributed by atoms with Gasteiger partial charge in [0, 0.05) is 6.42 Å². The van der Waals surface area contributed by atoms with Crippen LogP contribution in [-0.4, -0.2) is 26.8 Å². The minimum Gasteiger partial charge on any atom is -0.320 e. The molecule has 90 valence electrons. The Balaban J connectivity index is 2.35. The first kappa shape index (κ1) is 12.0. The Kier molecular flexibility index (Phi) is 3.51.